The molecule has 0 spiro atoms. The Morgan fingerprint density at radius 2 is 0.632 bits per heavy atom. The van der Waals surface area contributed by atoms with Crippen LogP contribution >= 0.6 is 18.3 Å². The molecule has 3 aliphatic heterocycles. The average Bonchev–Trinajstić information content (AvgIpc) is 3.39. The molecule has 0 saturated carbocycles. The third-order valence-corrected chi connectivity index (χ3v) is 26.8. The van der Waals surface area contributed by atoms with Crippen molar-refractivity contribution >= 4 is 103 Å². The number of nitrogens with zero attached hydrogens (tertiary/aromatic N) is 5. The Hall–Kier alpha value is -5.52. The van der Waals surface area contributed by atoms with E-state index in [2.05, 4.69) is 197 Å². The summed E-state index contributed by atoms with van der Waals surface area (Å²) in [6, 6.07) is 48.6. The van der Waals surface area contributed by atoms with Gasteiger partial charge in [-0.1, -0.05) is 104 Å². The highest BCUT2D eigenvalue weighted by atomic mass is 32.4. The number of pyridine rings is 3. The van der Waals surface area contributed by atoms with Crippen LogP contribution in [0.1, 0.15) is 13.8 Å². The van der Waals surface area contributed by atoms with Crippen molar-refractivity contribution in [2.45, 2.75) is 13.8 Å². The van der Waals surface area contributed by atoms with E-state index >= 15 is 0 Å². The molecule has 0 radical (unpaired) electrons. The zero-order chi connectivity index (χ0) is 46.5. The van der Waals surface area contributed by atoms with E-state index in [4.69, 9.17) is 35.4 Å². The summed E-state index contributed by atoms with van der Waals surface area (Å²) >= 11 is 21.9. The molecule has 332 valence electrons. The van der Waals surface area contributed by atoms with Crippen LogP contribution in [-0.2, 0) is 35.4 Å². The Morgan fingerprint density at radius 3 is 0.926 bits per heavy atom. The van der Waals surface area contributed by atoms with E-state index in [0.717, 1.165) is 79.9 Å². The zero-order valence-electron chi connectivity index (χ0n) is 38.0. The van der Waals surface area contributed by atoms with Crippen LogP contribution in [0, 0.1) is 0 Å². The van der Waals surface area contributed by atoms with Gasteiger partial charge in [-0.05, 0) is 171 Å². The third-order valence-electron chi connectivity index (χ3n) is 14.1. The van der Waals surface area contributed by atoms with Crippen molar-refractivity contribution in [1.29, 1.82) is 0 Å². The molecular weight excluding hydrogens is 944 g/mol. The first kappa shape index (κ1) is 43.7. The van der Waals surface area contributed by atoms with E-state index in [1.165, 1.54) is 48.9 Å². The van der Waals surface area contributed by atoms with Gasteiger partial charge >= 0.3 is 0 Å². The van der Waals surface area contributed by atoms with Gasteiger partial charge in [0.1, 0.15) is 0 Å². The molecule has 2 atom stereocenters. The molecule has 12 rings (SSSR count). The van der Waals surface area contributed by atoms with Gasteiger partial charge < -0.3 is 4.90 Å². The SMILES string of the molecule is CCN(CC)P1(=S)c2cc(-c3cccc(-c4ccncc4)c3)cc3c2N2c4c(cc(-c5cccc(-c6ccncc6)c5)cc4P(C)(=S)c4cc(-c5cccc(-c6ccncc6)c5)cc1c42)P3(C)=S. The van der Waals surface area contributed by atoms with Gasteiger partial charge in [-0.25, -0.2) is 0 Å². The van der Waals surface area contributed by atoms with E-state index < -0.39 is 18.3 Å². The van der Waals surface area contributed by atoms with Crippen molar-refractivity contribution in [2.24, 2.45) is 0 Å². The molecule has 2 unspecified atom stereocenters. The molecule has 68 heavy (non-hydrogen) atoms. The molecule has 0 N–H and O–H groups in total. The lowest BCUT2D eigenvalue weighted by Gasteiger charge is -2.53. The first-order valence-corrected chi connectivity index (χ1v) is 32.2. The van der Waals surface area contributed by atoms with Gasteiger partial charge in [-0.2, -0.15) is 0 Å². The maximum Gasteiger partial charge on any atom is 0.0752 e. The quantitative estimate of drug-likeness (QED) is 0.133. The third kappa shape index (κ3) is 6.72. The monoisotopic (exact) mass is 989 g/mol. The number of hydrogen-bond acceptors (Lipinski definition) is 7. The molecule has 0 fully saturated rings. The largest absolute Gasteiger partial charge is 0.306 e. The van der Waals surface area contributed by atoms with Gasteiger partial charge in [0.15, 0.2) is 0 Å². The fraction of sp³-hybridized carbons (Fsp3) is 0.105. The normalized spacial score (nSPS) is 19.5. The zero-order valence-corrected chi connectivity index (χ0v) is 43.2. The minimum absolute atomic E-state index is 0.811. The Bertz CT molecular complexity index is 3500. The molecule has 3 aliphatic rings. The minimum Gasteiger partial charge on any atom is -0.306 e. The van der Waals surface area contributed by atoms with E-state index in [1.54, 1.807) is 0 Å². The standard InChI is InChI=1S/C57H46N5P3S3/c1-5-61(6-2)65(68)53-35-47(44-14-8-11-41(29-44)38-18-24-59-25-19-38)33-51-56(53)62-55-49(63(51,3)66)31-46(43-13-7-10-40(28-43)37-16-22-58-23-17-37)32-50(55)64(4,67)52-34-48(36-54(65)57(52)62)45-15-9-12-42(30-45)39-20-26-60-27-21-39/h7-36H,5-6H2,1-4H3. The molecular formula is C57H46N5P3S3. The van der Waals surface area contributed by atoms with Crippen molar-refractivity contribution in [3.63, 3.8) is 0 Å². The molecule has 3 aromatic heterocycles. The predicted octanol–water partition coefficient (Wildman–Crippen LogP) is 12.1. The number of aromatic nitrogens is 3. The first-order chi connectivity index (χ1) is 33.0. The summed E-state index contributed by atoms with van der Waals surface area (Å²) in [5.41, 5.74) is 17.2. The van der Waals surface area contributed by atoms with Crippen molar-refractivity contribution in [2.75, 3.05) is 31.3 Å². The van der Waals surface area contributed by atoms with Gasteiger partial charge in [0.25, 0.3) is 0 Å². The van der Waals surface area contributed by atoms with Crippen molar-refractivity contribution in [1.82, 2.24) is 19.6 Å². The van der Waals surface area contributed by atoms with E-state index in [0.29, 0.717) is 0 Å². The van der Waals surface area contributed by atoms with Crippen LogP contribution in [0.5, 0.6) is 0 Å². The fourth-order valence-electron chi connectivity index (χ4n) is 10.7. The molecule has 11 heteroatoms. The van der Waals surface area contributed by atoms with Gasteiger partial charge in [-0.3, -0.25) is 19.6 Å². The molecule has 0 bridgehead atoms. The van der Waals surface area contributed by atoms with Crippen molar-refractivity contribution in [3.05, 3.63) is 183 Å². The molecule has 6 heterocycles. The van der Waals surface area contributed by atoms with Gasteiger partial charge in [-0.15, -0.1) is 0 Å². The summed E-state index contributed by atoms with van der Waals surface area (Å²) in [5.74, 6) is 0. The van der Waals surface area contributed by atoms with Crippen LogP contribution in [0.15, 0.2) is 183 Å². The second-order valence-electron chi connectivity index (χ2n) is 17.9. The Balaban J connectivity index is 1.18. The highest BCUT2D eigenvalue weighted by molar-refractivity contribution is 8.24. The fourth-order valence-corrected chi connectivity index (χ4v) is 22.0. The summed E-state index contributed by atoms with van der Waals surface area (Å²) < 4.78 is 2.58. The van der Waals surface area contributed by atoms with Gasteiger partial charge in [0, 0.05) is 94.2 Å². The highest BCUT2D eigenvalue weighted by Gasteiger charge is 2.51. The maximum absolute atomic E-state index is 7.51. The van der Waals surface area contributed by atoms with Gasteiger partial charge in [0.05, 0.1) is 23.3 Å². The Kier molecular flexibility index (Phi) is 10.7. The molecule has 5 nitrogen and oxygen atoms in total. The summed E-state index contributed by atoms with van der Waals surface area (Å²) in [4.78, 5) is 15.5. The molecule has 0 saturated heterocycles. The minimum atomic E-state index is -2.75. The highest BCUT2D eigenvalue weighted by Crippen LogP contribution is 2.66. The molecule has 0 aliphatic carbocycles. The summed E-state index contributed by atoms with van der Waals surface area (Å²) in [6.45, 7) is 10.8. The van der Waals surface area contributed by atoms with Crippen LogP contribution in [-0.4, -0.2) is 46.0 Å². The summed E-state index contributed by atoms with van der Waals surface area (Å²) in [6.07, 6.45) is 8.40. The number of anilines is 3. The number of rotatable bonds is 9. The molecule has 0 amide bonds. The lowest BCUT2D eigenvalue weighted by Crippen LogP contribution is -2.51. The lowest BCUT2D eigenvalue weighted by atomic mass is 9.97. The van der Waals surface area contributed by atoms with Crippen LogP contribution in [0.4, 0.5) is 17.1 Å². The van der Waals surface area contributed by atoms with E-state index in [-0.39, 0.29) is 0 Å². The lowest BCUT2D eigenvalue weighted by molar-refractivity contribution is 0.513. The van der Waals surface area contributed by atoms with E-state index in [1.807, 2.05) is 37.2 Å². The van der Waals surface area contributed by atoms with Gasteiger partial charge in [0.2, 0.25) is 0 Å². The topological polar surface area (TPSA) is 45.2 Å². The Morgan fingerprint density at radius 1 is 0.368 bits per heavy atom. The van der Waals surface area contributed by atoms with Crippen molar-refractivity contribution in [3.8, 4) is 66.8 Å². The summed E-state index contributed by atoms with van der Waals surface area (Å²) in [5, 5.41) is 7.30. The van der Waals surface area contributed by atoms with Crippen molar-refractivity contribution < 1.29 is 0 Å². The predicted molar refractivity (Wildman–Crippen MR) is 303 cm³/mol. The molecule has 6 aromatic carbocycles. The molecule has 9 aromatic rings. The Labute approximate surface area is 414 Å². The smallest absolute Gasteiger partial charge is 0.0752 e. The van der Waals surface area contributed by atoms with Crippen LogP contribution in [0.3, 0.4) is 0 Å². The van der Waals surface area contributed by atoms with E-state index in [9.17, 15) is 0 Å². The maximum atomic E-state index is 7.51. The first-order valence-electron chi connectivity index (χ1n) is 22.9. The second kappa shape index (κ2) is 16.6. The summed E-state index contributed by atoms with van der Waals surface area (Å²) in [7, 11) is 0. The van der Waals surface area contributed by atoms with Crippen LogP contribution in [0.25, 0.3) is 66.8 Å². The van der Waals surface area contributed by atoms with Crippen LogP contribution < -0.4 is 36.7 Å². The average molecular weight is 990 g/mol. The number of benzene rings is 6. The number of hydrogen-bond donors (Lipinski definition) is 0. The second-order valence-corrected chi connectivity index (χ2v) is 32.2. The van der Waals surface area contributed by atoms with Crippen LogP contribution in [0.2, 0.25) is 0 Å².